The van der Waals surface area contributed by atoms with Gasteiger partial charge in [-0.05, 0) is 38.1 Å². The van der Waals surface area contributed by atoms with Crippen LogP contribution in [0.3, 0.4) is 0 Å². The molecule has 5 nitrogen and oxygen atoms in total. The van der Waals surface area contributed by atoms with Gasteiger partial charge in [-0.15, -0.1) is 6.42 Å². The molecule has 0 radical (unpaired) electrons. The van der Waals surface area contributed by atoms with Crippen LogP contribution in [0.5, 0.6) is 0 Å². The lowest BCUT2D eigenvalue weighted by molar-refractivity contribution is -0.131. The summed E-state index contributed by atoms with van der Waals surface area (Å²) < 4.78 is 0. The zero-order chi connectivity index (χ0) is 13.8. The summed E-state index contributed by atoms with van der Waals surface area (Å²) in [5.41, 5.74) is 0. The minimum absolute atomic E-state index is 0.0270. The number of nitrogens with one attached hydrogen (secondary N) is 2. The van der Waals surface area contributed by atoms with Crippen LogP contribution in [-0.2, 0) is 9.59 Å². The Hall–Kier alpha value is -1.54. The molecule has 5 heteroatoms. The minimum atomic E-state index is -0.212. The van der Waals surface area contributed by atoms with Crippen LogP contribution >= 0.6 is 0 Å². The van der Waals surface area contributed by atoms with Gasteiger partial charge in [0.2, 0.25) is 11.8 Å². The monoisotopic (exact) mass is 263 g/mol. The second-order valence-electron chi connectivity index (χ2n) is 5.21. The van der Waals surface area contributed by atoms with Crippen LogP contribution in [-0.4, -0.2) is 48.9 Å². The fraction of sp³-hybridized carbons (Fsp3) is 0.714. The van der Waals surface area contributed by atoms with E-state index in [-0.39, 0.29) is 30.4 Å². The van der Waals surface area contributed by atoms with E-state index in [4.69, 9.17) is 6.42 Å². The molecule has 1 aliphatic carbocycles. The SMILES string of the molecule is C#CCNC(=O)[C@@H]1CCCN1[C@@H](C(=O)NC)C1CC1. The minimum Gasteiger partial charge on any atom is -0.358 e. The topological polar surface area (TPSA) is 61.4 Å². The van der Waals surface area contributed by atoms with Gasteiger partial charge in [-0.1, -0.05) is 5.92 Å². The Kier molecular flexibility index (Phi) is 4.43. The number of nitrogens with zero attached hydrogens (tertiary/aromatic N) is 1. The third-order valence-electron chi connectivity index (χ3n) is 3.90. The van der Waals surface area contributed by atoms with Gasteiger partial charge in [-0.2, -0.15) is 0 Å². The van der Waals surface area contributed by atoms with Crippen LogP contribution in [0, 0.1) is 18.3 Å². The molecular weight excluding hydrogens is 242 g/mol. The molecule has 0 unspecified atom stereocenters. The Morgan fingerprint density at radius 2 is 2.16 bits per heavy atom. The summed E-state index contributed by atoms with van der Waals surface area (Å²) in [6.07, 6.45) is 9.06. The largest absolute Gasteiger partial charge is 0.358 e. The fourth-order valence-corrected chi connectivity index (χ4v) is 2.85. The molecule has 1 saturated heterocycles. The van der Waals surface area contributed by atoms with E-state index in [1.165, 1.54) is 0 Å². The molecule has 0 aromatic rings. The van der Waals surface area contributed by atoms with Crippen molar-refractivity contribution >= 4 is 11.8 Å². The number of hydrogen-bond donors (Lipinski definition) is 2. The number of likely N-dealkylation sites (tertiary alicyclic amines) is 1. The van der Waals surface area contributed by atoms with Gasteiger partial charge in [-0.3, -0.25) is 14.5 Å². The van der Waals surface area contributed by atoms with Crippen LogP contribution in [0.1, 0.15) is 25.7 Å². The highest BCUT2D eigenvalue weighted by Crippen LogP contribution is 2.38. The number of hydrogen-bond acceptors (Lipinski definition) is 3. The van der Waals surface area contributed by atoms with Gasteiger partial charge in [-0.25, -0.2) is 0 Å². The molecule has 1 heterocycles. The Morgan fingerprint density at radius 3 is 2.74 bits per heavy atom. The third-order valence-corrected chi connectivity index (χ3v) is 3.90. The van der Waals surface area contributed by atoms with E-state index >= 15 is 0 Å². The van der Waals surface area contributed by atoms with E-state index in [0.29, 0.717) is 5.92 Å². The average molecular weight is 263 g/mol. The lowest BCUT2D eigenvalue weighted by Crippen LogP contribution is -2.53. The van der Waals surface area contributed by atoms with Gasteiger partial charge in [0.15, 0.2) is 0 Å². The first-order chi connectivity index (χ1) is 9.19. The number of terminal acetylenes is 1. The molecule has 2 N–H and O–H groups in total. The molecule has 1 aliphatic heterocycles. The molecule has 0 spiro atoms. The number of carbonyl (C=O) groups is 2. The lowest BCUT2D eigenvalue weighted by Gasteiger charge is -2.31. The van der Waals surface area contributed by atoms with Crippen molar-refractivity contribution in [2.75, 3.05) is 20.1 Å². The second-order valence-corrected chi connectivity index (χ2v) is 5.21. The van der Waals surface area contributed by atoms with Gasteiger partial charge >= 0.3 is 0 Å². The summed E-state index contributed by atoms with van der Waals surface area (Å²) >= 11 is 0. The summed E-state index contributed by atoms with van der Waals surface area (Å²) in [6, 6.07) is -0.370. The smallest absolute Gasteiger partial charge is 0.238 e. The van der Waals surface area contributed by atoms with Crippen LogP contribution in [0.25, 0.3) is 0 Å². The standard InChI is InChI=1S/C14H21N3O2/c1-3-8-16-13(18)11-5-4-9-17(11)12(10-6-7-10)14(19)15-2/h1,10-12H,4-9H2,2H3,(H,15,19)(H,16,18)/t11-,12+/m0/s1. The molecule has 104 valence electrons. The van der Waals surface area contributed by atoms with Crippen LogP contribution < -0.4 is 10.6 Å². The molecule has 0 aromatic carbocycles. The van der Waals surface area contributed by atoms with Crippen molar-refractivity contribution in [3.05, 3.63) is 0 Å². The van der Waals surface area contributed by atoms with Crippen LogP contribution in [0.2, 0.25) is 0 Å². The molecule has 2 rings (SSSR count). The molecule has 19 heavy (non-hydrogen) atoms. The van der Waals surface area contributed by atoms with E-state index in [0.717, 1.165) is 32.2 Å². The fourth-order valence-electron chi connectivity index (χ4n) is 2.85. The zero-order valence-corrected chi connectivity index (χ0v) is 11.3. The van der Waals surface area contributed by atoms with Crippen molar-refractivity contribution in [3.63, 3.8) is 0 Å². The van der Waals surface area contributed by atoms with Gasteiger partial charge in [0.1, 0.15) is 0 Å². The number of amides is 2. The molecule has 0 bridgehead atoms. The molecule has 2 amide bonds. The van der Waals surface area contributed by atoms with Crippen molar-refractivity contribution in [2.24, 2.45) is 5.92 Å². The van der Waals surface area contributed by atoms with Crippen molar-refractivity contribution < 1.29 is 9.59 Å². The maximum absolute atomic E-state index is 12.1. The number of carbonyl (C=O) groups excluding carboxylic acids is 2. The Morgan fingerprint density at radius 1 is 1.42 bits per heavy atom. The predicted molar refractivity (Wildman–Crippen MR) is 72.1 cm³/mol. The summed E-state index contributed by atoms with van der Waals surface area (Å²) in [7, 11) is 1.65. The summed E-state index contributed by atoms with van der Waals surface area (Å²) in [4.78, 5) is 26.2. The molecular formula is C14H21N3O2. The Balaban J connectivity index is 2.06. The summed E-state index contributed by atoms with van der Waals surface area (Å²) in [5.74, 6) is 2.79. The Labute approximate surface area is 114 Å². The maximum atomic E-state index is 12.1. The highest BCUT2D eigenvalue weighted by molar-refractivity contribution is 5.86. The van der Waals surface area contributed by atoms with Crippen molar-refractivity contribution in [1.82, 2.24) is 15.5 Å². The Bertz CT molecular complexity index is 398. The maximum Gasteiger partial charge on any atom is 0.238 e. The normalized spacial score (nSPS) is 24.5. The first kappa shape index (κ1) is 13.9. The predicted octanol–water partition coefficient (Wildman–Crippen LogP) is -0.275. The van der Waals surface area contributed by atoms with Crippen molar-refractivity contribution in [3.8, 4) is 12.3 Å². The first-order valence-electron chi connectivity index (χ1n) is 6.87. The van der Waals surface area contributed by atoms with E-state index in [1.54, 1.807) is 7.05 Å². The molecule has 2 atom stereocenters. The summed E-state index contributed by atoms with van der Waals surface area (Å²) in [5, 5.41) is 5.45. The molecule has 0 aromatic heterocycles. The molecule has 2 aliphatic rings. The van der Waals surface area contributed by atoms with Crippen molar-refractivity contribution in [1.29, 1.82) is 0 Å². The quantitative estimate of drug-likeness (QED) is 0.671. The van der Waals surface area contributed by atoms with Crippen molar-refractivity contribution in [2.45, 2.75) is 37.8 Å². The van der Waals surface area contributed by atoms with E-state index in [2.05, 4.69) is 21.5 Å². The number of likely N-dealkylation sites (N-methyl/N-ethyl adjacent to an activating group) is 1. The number of rotatable bonds is 5. The summed E-state index contributed by atoms with van der Waals surface area (Å²) in [6.45, 7) is 1.06. The molecule has 1 saturated carbocycles. The third kappa shape index (κ3) is 3.07. The highest BCUT2D eigenvalue weighted by Gasteiger charge is 2.45. The second kappa shape index (κ2) is 6.07. The lowest BCUT2D eigenvalue weighted by atomic mass is 10.1. The van der Waals surface area contributed by atoms with Gasteiger partial charge in [0.25, 0.3) is 0 Å². The van der Waals surface area contributed by atoms with Gasteiger partial charge in [0.05, 0.1) is 18.6 Å². The van der Waals surface area contributed by atoms with Crippen LogP contribution in [0.15, 0.2) is 0 Å². The van der Waals surface area contributed by atoms with Crippen LogP contribution in [0.4, 0.5) is 0 Å². The average Bonchev–Trinajstić information content (AvgIpc) is 3.13. The van der Waals surface area contributed by atoms with E-state index < -0.39 is 0 Å². The highest BCUT2D eigenvalue weighted by atomic mass is 16.2. The van der Waals surface area contributed by atoms with Gasteiger partial charge < -0.3 is 10.6 Å². The molecule has 2 fully saturated rings. The van der Waals surface area contributed by atoms with E-state index in [1.807, 2.05) is 0 Å². The first-order valence-corrected chi connectivity index (χ1v) is 6.87. The van der Waals surface area contributed by atoms with Gasteiger partial charge in [0, 0.05) is 7.05 Å². The van der Waals surface area contributed by atoms with E-state index in [9.17, 15) is 9.59 Å². The zero-order valence-electron chi connectivity index (χ0n) is 11.3.